The molecule has 6 heteroatoms. The molecule has 0 aromatic heterocycles. The molecule has 1 aromatic carbocycles. The first-order valence-electron chi connectivity index (χ1n) is 6.21. The molecule has 1 saturated heterocycles. The maximum atomic E-state index is 14.2. The third-order valence-corrected chi connectivity index (χ3v) is 3.64. The molecule has 1 fully saturated rings. The normalized spacial score (nSPS) is 21.4. The molecule has 0 spiro atoms. The summed E-state index contributed by atoms with van der Waals surface area (Å²) in [5, 5.41) is 3.07. The Labute approximate surface area is 119 Å². The van der Waals surface area contributed by atoms with E-state index in [1.165, 1.54) is 12.1 Å². The first kappa shape index (κ1) is 14.8. The molecule has 0 bridgehead atoms. The zero-order chi connectivity index (χ0) is 13.8. The molecule has 2 rings (SSSR count). The van der Waals surface area contributed by atoms with E-state index in [2.05, 4.69) is 21.2 Å². The average Bonchev–Trinajstić information content (AvgIpc) is 2.43. The molecule has 0 amide bonds. The number of ether oxygens (including phenoxy) is 2. The van der Waals surface area contributed by atoms with Crippen molar-refractivity contribution in [2.24, 2.45) is 0 Å². The van der Waals surface area contributed by atoms with Crippen LogP contribution in [-0.2, 0) is 9.47 Å². The number of rotatable bonds is 4. The second kappa shape index (κ2) is 6.74. The third-order valence-electron chi connectivity index (χ3n) is 3.03. The highest BCUT2D eigenvalue weighted by Crippen LogP contribution is 2.30. The van der Waals surface area contributed by atoms with Crippen LogP contribution in [0.25, 0.3) is 0 Å². The zero-order valence-corrected chi connectivity index (χ0v) is 12.2. The van der Waals surface area contributed by atoms with Gasteiger partial charge in [-0.25, -0.2) is 8.78 Å². The van der Waals surface area contributed by atoms with Crippen LogP contribution in [0.3, 0.4) is 0 Å². The van der Waals surface area contributed by atoms with Gasteiger partial charge in [0.2, 0.25) is 0 Å². The molecule has 0 radical (unpaired) electrons. The monoisotopic (exact) mass is 335 g/mol. The van der Waals surface area contributed by atoms with Crippen molar-refractivity contribution in [1.82, 2.24) is 5.32 Å². The number of halogens is 3. The van der Waals surface area contributed by atoms with Crippen LogP contribution in [0.1, 0.15) is 18.5 Å². The molecule has 0 aliphatic carbocycles. The van der Waals surface area contributed by atoms with Gasteiger partial charge in [-0.05, 0) is 34.6 Å². The van der Waals surface area contributed by atoms with Gasteiger partial charge in [0.25, 0.3) is 0 Å². The van der Waals surface area contributed by atoms with Gasteiger partial charge in [-0.1, -0.05) is 6.92 Å². The molecule has 1 aliphatic rings. The lowest BCUT2D eigenvalue weighted by Crippen LogP contribution is -2.41. The highest BCUT2D eigenvalue weighted by Gasteiger charge is 2.31. The average molecular weight is 336 g/mol. The van der Waals surface area contributed by atoms with Crippen LogP contribution in [0.5, 0.6) is 0 Å². The quantitative estimate of drug-likeness (QED) is 0.858. The number of hydrogen-bond acceptors (Lipinski definition) is 3. The topological polar surface area (TPSA) is 30.5 Å². The SMILES string of the molecule is CCNC(c1c(F)ccc(Br)c1F)C1COCCO1. The van der Waals surface area contributed by atoms with Crippen molar-refractivity contribution in [3.05, 3.63) is 33.8 Å². The van der Waals surface area contributed by atoms with Crippen molar-refractivity contribution in [3.8, 4) is 0 Å². The number of likely N-dealkylation sites (N-methyl/N-ethyl adjacent to an activating group) is 1. The van der Waals surface area contributed by atoms with E-state index in [0.717, 1.165) is 0 Å². The van der Waals surface area contributed by atoms with E-state index < -0.39 is 23.8 Å². The molecule has 1 N–H and O–H groups in total. The number of benzene rings is 1. The van der Waals surface area contributed by atoms with E-state index in [1.807, 2.05) is 6.92 Å². The van der Waals surface area contributed by atoms with Crippen LogP contribution in [0.15, 0.2) is 16.6 Å². The molecule has 106 valence electrons. The predicted molar refractivity (Wildman–Crippen MR) is 71.0 cm³/mol. The maximum absolute atomic E-state index is 14.2. The van der Waals surface area contributed by atoms with Crippen LogP contribution < -0.4 is 5.32 Å². The molecule has 1 heterocycles. The van der Waals surface area contributed by atoms with Gasteiger partial charge in [-0.3, -0.25) is 0 Å². The van der Waals surface area contributed by atoms with Gasteiger partial charge in [0, 0.05) is 5.56 Å². The van der Waals surface area contributed by atoms with Gasteiger partial charge in [-0.15, -0.1) is 0 Å². The predicted octanol–water partition coefficient (Wildman–Crippen LogP) is 2.79. The summed E-state index contributed by atoms with van der Waals surface area (Å²) in [5.74, 6) is -1.18. The van der Waals surface area contributed by atoms with E-state index in [-0.39, 0.29) is 10.0 Å². The lowest BCUT2D eigenvalue weighted by Gasteiger charge is -2.31. The summed E-state index contributed by atoms with van der Waals surface area (Å²) in [4.78, 5) is 0. The molecular formula is C13H16BrF2NO2. The Balaban J connectivity index is 2.35. The Hall–Kier alpha value is -0.560. The third kappa shape index (κ3) is 3.31. The molecular weight excluding hydrogens is 320 g/mol. The summed E-state index contributed by atoms with van der Waals surface area (Å²) < 4.78 is 39.2. The minimum absolute atomic E-state index is 0.00766. The van der Waals surface area contributed by atoms with Crippen LogP contribution >= 0.6 is 15.9 Å². The second-order valence-electron chi connectivity index (χ2n) is 4.28. The van der Waals surface area contributed by atoms with Gasteiger partial charge in [-0.2, -0.15) is 0 Å². The van der Waals surface area contributed by atoms with E-state index in [0.29, 0.717) is 26.4 Å². The van der Waals surface area contributed by atoms with Crippen LogP contribution in [0, 0.1) is 11.6 Å². The van der Waals surface area contributed by atoms with Gasteiger partial charge < -0.3 is 14.8 Å². The maximum Gasteiger partial charge on any atom is 0.145 e. The Morgan fingerprint density at radius 3 is 2.84 bits per heavy atom. The van der Waals surface area contributed by atoms with E-state index in [4.69, 9.17) is 9.47 Å². The van der Waals surface area contributed by atoms with E-state index >= 15 is 0 Å². The van der Waals surface area contributed by atoms with Crippen molar-refractivity contribution in [1.29, 1.82) is 0 Å². The molecule has 1 aromatic rings. The van der Waals surface area contributed by atoms with E-state index in [1.54, 1.807) is 0 Å². The second-order valence-corrected chi connectivity index (χ2v) is 5.13. The Morgan fingerprint density at radius 2 is 2.21 bits per heavy atom. The molecule has 2 unspecified atom stereocenters. The first-order chi connectivity index (χ1) is 9.15. The fraction of sp³-hybridized carbons (Fsp3) is 0.538. The fourth-order valence-corrected chi connectivity index (χ4v) is 2.51. The summed E-state index contributed by atoms with van der Waals surface area (Å²) in [6.07, 6.45) is -0.396. The lowest BCUT2D eigenvalue weighted by atomic mass is 10.00. The standard InChI is InChI=1S/C13H16BrF2NO2/c1-2-17-13(10-7-18-5-6-19-10)11-9(15)4-3-8(14)12(11)16/h3-4,10,13,17H,2,5-7H2,1H3. The Bertz CT molecular complexity index is 439. The molecule has 1 aliphatic heterocycles. The Morgan fingerprint density at radius 1 is 1.42 bits per heavy atom. The van der Waals surface area contributed by atoms with Crippen molar-refractivity contribution >= 4 is 15.9 Å². The van der Waals surface area contributed by atoms with E-state index in [9.17, 15) is 8.78 Å². The van der Waals surface area contributed by atoms with Crippen LogP contribution in [0.4, 0.5) is 8.78 Å². The van der Waals surface area contributed by atoms with Gasteiger partial charge >= 0.3 is 0 Å². The molecule has 3 nitrogen and oxygen atoms in total. The highest BCUT2D eigenvalue weighted by atomic mass is 79.9. The lowest BCUT2D eigenvalue weighted by molar-refractivity contribution is -0.103. The molecule has 19 heavy (non-hydrogen) atoms. The minimum atomic E-state index is -0.597. The largest absolute Gasteiger partial charge is 0.376 e. The fourth-order valence-electron chi connectivity index (χ4n) is 2.17. The van der Waals surface area contributed by atoms with Crippen molar-refractivity contribution in [2.75, 3.05) is 26.4 Å². The molecule has 2 atom stereocenters. The summed E-state index contributed by atoms with van der Waals surface area (Å²) in [7, 11) is 0. The summed E-state index contributed by atoms with van der Waals surface area (Å²) in [6, 6.07) is 2.04. The summed E-state index contributed by atoms with van der Waals surface area (Å²) in [6.45, 7) is 3.73. The number of nitrogens with one attached hydrogen (secondary N) is 1. The minimum Gasteiger partial charge on any atom is -0.376 e. The van der Waals surface area contributed by atoms with Gasteiger partial charge in [0.1, 0.15) is 17.7 Å². The molecule has 0 saturated carbocycles. The smallest absolute Gasteiger partial charge is 0.145 e. The van der Waals surface area contributed by atoms with Crippen molar-refractivity contribution in [2.45, 2.75) is 19.1 Å². The summed E-state index contributed by atoms with van der Waals surface area (Å²) >= 11 is 3.08. The number of hydrogen-bond donors (Lipinski definition) is 1. The van der Waals surface area contributed by atoms with Crippen LogP contribution in [0.2, 0.25) is 0 Å². The van der Waals surface area contributed by atoms with Gasteiger partial charge in [0.05, 0.1) is 30.3 Å². The highest BCUT2D eigenvalue weighted by molar-refractivity contribution is 9.10. The van der Waals surface area contributed by atoms with Gasteiger partial charge in [0.15, 0.2) is 0 Å². The van der Waals surface area contributed by atoms with Crippen molar-refractivity contribution < 1.29 is 18.3 Å². The summed E-state index contributed by atoms with van der Waals surface area (Å²) in [5.41, 5.74) is -0.00766. The zero-order valence-electron chi connectivity index (χ0n) is 10.6. The van der Waals surface area contributed by atoms with Crippen LogP contribution in [-0.4, -0.2) is 32.5 Å². The Kier molecular flexibility index (Phi) is 5.27. The first-order valence-corrected chi connectivity index (χ1v) is 7.00. The van der Waals surface area contributed by atoms with Crippen molar-refractivity contribution in [3.63, 3.8) is 0 Å².